The van der Waals surface area contributed by atoms with Crippen molar-refractivity contribution in [1.82, 2.24) is 19.6 Å². The minimum Gasteiger partial charge on any atom is -0.258 e. The van der Waals surface area contributed by atoms with E-state index in [9.17, 15) is 0 Å². The monoisotopic (exact) mass is 382 g/mol. The highest BCUT2D eigenvalue weighted by Gasteiger charge is 2.14. The van der Waals surface area contributed by atoms with Gasteiger partial charge in [0.15, 0.2) is 11.5 Å². The Morgan fingerprint density at radius 1 is 0.786 bits per heavy atom. The second-order valence-corrected chi connectivity index (χ2v) is 6.88. The molecule has 5 heteroatoms. The normalized spacial score (nSPS) is 11.6. The number of fused-ring (bicyclic) bond motifs is 3. The van der Waals surface area contributed by atoms with Gasteiger partial charge in [-0.15, -0.1) is 10.2 Å². The van der Waals surface area contributed by atoms with Gasteiger partial charge in [-0.25, -0.2) is 4.98 Å². The predicted octanol–water partition coefficient (Wildman–Crippen LogP) is 5.77. The number of pyridine rings is 2. The summed E-state index contributed by atoms with van der Waals surface area (Å²) >= 11 is 6.06. The standard InChI is InChI=1S/C23H15ClN4/c24-19-11-9-17(10-12-19)20-15-18-7-4-14-25-22(18)28-21(26-27-23(20)28)13-8-16-5-2-1-3-6-16/h1-15H/b13-8+. The lowest BCUT2D eigenvalue weighted by Crippen LogP contribution is -1.96. The van der Waals surface area contributed by atoms with Gasteiger partial charge >= 0.3 is 0 Å². The molecule has 4 nitrogen and oxygen atoms in total. The van der Waals surface area contributed by atoms with E-state index in [1.807, 2.05) is 71.2 Å². The number of hydrogen-bond donors (Lipinski definition) is 0. The third kappa shape index (κ3) is 2.94. The number of nitrogens with zero attached hydrogens (tertiary/aromatic N) is 4. The summed E-state index contributed by atoms with van der Waals surface area (Å²) in [4.78, 5) is 4.57. The minimum absolute atomic E-state index is 0.704. The lowest BCUT2D eigenvalue weighted by molar-refractivity contribution is 1.08. The summed E-state index contributed by atoms with van der Waals surface area (Å²) in [7, 11) is 0. The quantitative estimate of drug-likeness (QED) is 0.398. The molecule has 0 amide bonds. The number of benzene rings is 2. The van der Waals surface area contributed by atoms with Crippen LogP contribution in [0, 0.1) is 0 Å². The van der Waals surface area contributed by atoms with Crippen molar-refractivity contribution in [2.45, 2.75) is 0 Å². The number of rotatable bonds is 3. The number of aromatic nitrogens is 4. The van der Waals surface area contributed by atoms with Crippen LogP contribution < -0.4 is 0 Å². The van der Waals surface area contributed by atoms with Crippen LogP contribution in [0.3, 0.4) is 0 Å². The second-order valence-electron chi connectivity index (χ2n) is 6.44. The molecule has 0 N–H and O–H groups in total. The van der Waals surface area contributed by atoms with E-state index in [0.717, 1.165) is 39.2 Å². The zero-order valence-electron chi connectivity index (χ0n) is 14.8. The van der Waals surface area contributed by atoms with Gasteiger partial charge in [-0.1, -0.05) is 60.1 Å². The maximum Gasteiger partial charge on any atom is 0.170 e. The maximum atomic E-state index is 6.06. The van der Waals surface area contributed by atoms with E-state index in [0.29, 0.717) is 5.02 Å². The van der Waals surface area contributed by atoms with Crippen LogP contribution in [0.4, 0.5) is 0 Å². The van der Waals surface area contributed by atoms with Crippen molar-refractivity contribution in [3.8, 4) is 11.1 Å². The van der Waals surface area contributed by atoms with Crippen LogP contribution >= 0.6 is 11.6 Å². The van der Waals surface area contributed by atoms with Crippen molar-refractivity contribution < 1.29 is 0 Å². The van der Waals surface area contributed by atoms with Gasteiger partial charge in [-0.2, -0.15) is 0 Å². The Balaban J connectivity index is 1.75. The Morgan fingerprint density at radius 2 is 1.61 bits per heavy atom. The van der Waals surface area contributed by atoms with Crippen molar-refractivity contribution in [1.29, 1.82) is 0 Å². The summed E-state index contributed by atoms with van der Waals surface area (Å²) in [6.45, 7) is 0. The molecule has 0 bridgehead atoms. The van der Waals surface area contributed by atoms with Gasteiger partial charge in [0.1, 0.15) is 5.65 Å². The zero-order valence-corrected chi connectivity index (χ0v) is 15.6. The largest absolute Gasteiger partial charge is 0.258 e. The van der Waals surface area contributed by atoms with Gasteiger partial charge in [0.05, 0.1) is 0 Å². The average molecular weight is 383 g/mol. The Hall–Kier alpha value is -3.50. The summed E-state index contributed by atoms with van der Waals surface area (Å²) in [5.74, 6) is 0.735. The van der Waals surface area contributed by atoms with Gasteiger partial charge in [-0.3, -0.25) is 4.40 Å². The summed E-state index contributed by atoms with van der Waals surface area (Å²) in [5.41, 5.74) is 4.72. The molecule has 0 saturated heterocycles. The van der Waals surface area contributed by atoms with Crippen LogP contribution in [0.1, 0.15) is 11.4 Å². The summed E-state index contributed by atoms with van der Waals surface area (Å²) in [6.07, 6.45) is 5.78. The minimum atomic E-state index is 0.704. The first-order valence-electron chi connectivity index (χ1n) is 8.91. The van der Waals surface area contributed by atoms with E-state index in [4.69, 9.17) is 11.6 Å². The van der Waals surface area contributed by atoms with Crippen molar-refractivity contribution >= 4 is 40.4 Å². The lowest BCUT2D eigenvalue weighted by atomic mass is 10.1. The zero-order chi connectivity index (χ0) is 18.9. The van der Waals surface area contributed by atoms with Crippen LogP contribution in [0.2, 0.25) is 5.02 Å². The molecule has 5 rings (SSSR count). The first-order chi connectivity index (χ1) is 13.8. The fraction of sp³-hybridized carbons (Fsp3) is 0. The SMILES string of the molecule is Clc1ccc(-c2cc3cccnc3n3c(/C=C/c4ccccc4)nnc23)cc1. The molecule has 134 valence electrons. The Morgan fingerprint density at radius 3 is 2.43 bits per heavy atom. The topological polar surface area (TPSA) is 43.1 Å². The Bertz CT molecular complexity index is 1310. The van der Waals surface area contributed by atoms with Crippen molar-refractivity contribution in [3.05, 3.63) is 95.4 Å². The van der Waals surface area contributed by atoms with E-state index in [-0.39, 0.29) is 0 Å². The predicted molar refractivity (Wildman–Crippen MR) is 114 cm³/mol. The molecule has 0 radical (unpaired) electrons. The summed E-state index contributed by atoms with van der Waals surface area (Å²) in [6, 6.07) is 24.0. The average Bonchev–Trinajstić information content (AvgIpc) is 3.17. The molecule has 0 aliphatic rings. The fourth-order valence-corrected chi connectivity index (χ4v) is 3.42. The summed E-state index contributed by atoms with van der Waals surface area (Å²) < 4.78 is 2.00. The third-order valence-electron chi connectivity index (χ3n) is 4.64. The molecule has 0 fully saturated rings. The molecule has 0 atom stereocenters. The van der Waals surface area contributed by atoms with Crippen LogP contribution in [-0.4, -0.2) is 19.6 Å². The van der Waals surface area contributed by atoms with E-state index in [1.54, 1.807) is 6.20 Å². The molecular formula is C23H15ClN4. The molecule has 0 aliphatic carbocycles. The van der Waals surface area contributed by atoms with Gasteiger partial charge in [0, 0.05) is 22.2 Å². The summed E-state index contributed by atoms with van der Waals surface area (Å²) in [5, 5.41) is 10.6. The van der Waals surface area contributed by atoms with E-state index in [2.05, 4.69) is 33.4 Å². The van der Waals surface area contributed by atoms with Gasteiger partial charge < -0.3 is 0 Å². The van der Waals surface area contributed by atoms with Crippen molar-refractivity contribution in [2.75, 3.05) is 0 Å². The molecule has 28 heavy (non-hydrogen) atoms. The van der Waals surface area contributed by atoms with Gasteiger partial charge in [0.2, 0.25) is 0 Å². The van der Waals surface area contributed by atoms with Gasteiger partial charge in [0.25, 0.3) is 0 Å². The lowest BCUT2D eigenvalue weighted by Gasteiger charge is -2.08. The molecule has 3 aromatic heterocycles. The van der Waals surface area contributed by atoms with E-state index in [1.165, 1.54) is 0 Å². The fourth-order valence-electron chi connectivity index (χ4n) is 3.29. The number of hydrogen-bond acceptors (Lipinski definition) is 3. The first kappa shape index (κ1) is 16.7. The molecule has 5 aromatic rings. The molecule has 0 unspecified atom stereocenters. The van der Waals surface area contributed by atoms with Crippen LogP contribution in [0.5, 0.6) is 0 Å². The molecular weight excluding hydrogens is 368 g/mol. The van der Waals surface area contributed by atoms with E-state index < -0.39 is 0 Å². The number of halogens is 1. The maximum absolute atomic E-state index is 6.06. The Kier molecular flexibility index (Phi) is 4.11. The van der Waals surface area contributed by atoms with E-state index >= 15 is 0 Å². The Labute approximate surface area is 166 Å². The third-order valence-corrected chi connectivity index (χ3v) is 4.89. The highest BCUT2D eigenvalue weighted by atomic mass is 35.5. The molecule has 0 spiro atoms. The highest BCUT2D eigenvalue weighted by molar-refractivity contribution is 6.30. The highest BCUT2D eigenvalue weighted by Crippen LogP contribution is 2.29. The first-order valence-corrected chi connectivity index (χ1v) is 9.29. The van der Waals surface area contributed by atoms with Crippen molar-refractivity contribution in [3.63, 3.8) is 0 Å². The van der Waals surface area contributed by atoms with Crippen LogP contribution in [-0.2, 0) is 0 Å². The molecule has 3 heterocycles. The van der Waals surface area contributed by atoms with Crippen LogP contribution in [0.25, 0.3) is 40.0 Å². The smallest absolute Gasteiger partial charge is 0.170 e. The molecule has 0 saturated carbocycles. The van der Waals surface area contributed by atoms with Crippen molar-refractivity contribution in [2.24, 2.45) is 0 Å². The molecule has 0 aliphatic heterocycles. The van der Waals surface area contributed by atoms with Crippen LogP contribution in [0.15, 0.2) is 79.0 Å². The molecule has 2 aromatic carbocycles. The van der Waals surface area contributed by atoms with Gasteiger partial charge in [-0.05, 0) is 47.5 Å². The second kappa shape index (κ2) is 6.91.